The maximum absolute atomic E-state index is 11.8. The molecule has 0 spiro atoms. The van der Waals surface area contributed by atoms with E-state index >= 15 is 0 Å². The molecule has 1 aromatic rings. The summed E-state index contributed by atoms with van der Waals surface area (Å²) in [7, 11) is -1.45. The minimum Gasteiger partial charge on any atom is -0.355 e. The van der Waals surface area contributed by atoms with E-state index < -0.39 is 15.1 Å². The molecule has 0 aliphatic carbocycles. The number of pyridine rings is 1. The van der Waals surface area contributed by atoms with E-state index in [1.807, 2.05) is 4.90 Å². The van der Waals surface area contributed by atoms with Crippen molar-refractivity contribution in [3.05, 3.63) is 23.9 Å². The van der Waals surface area contributed by atoms with Crippen molar-refractivity contribution >= 4 is 21.6 Å². The van der Waals surface area contributed by atoms with Crippen LogP contribution in [-0.4, -0.2) is 50.4 Å². The number of nitrogens with zero attached hydrogens (tertiary/aromatic N) is 2. The Hall–Kier alpha value is -1.63. The normalized spacial score (nSPS) is 22.0. The van der Waals surface area contributed by atoms with Crippen molar-refractivity contribution < 1.29 is 13.2 Å². The molecule has 1 aromatic heterocycles. The Morgan fingerprint density at radius 3 is 2.89 bits per heavy atom. The highest BCUT2D eigenvalue weighted by molar-refractivity contribution is 7.92. The largest absolute Gasteiger partial charge is 0.355 e. The summed E-state index contributed by atoms with van der Waals surface area (Å²) in [5.74, 6) is 0.422. The minimum absolute atomic E-state index is 0.0952. The number of carbonyl (C=O) groups is 1. The molecule has 2 heterocycles. The van der Waals surface area contributed by atoms with Gasteiger partial charge in [0.05, 0.1) is 16.6 Å². The molecule has 1 N–H and O–H groups in total. The summed E-state index contributed by atoms with van der Waals surface area (Å²) >= 11 is 0. The van der Waals surface area contributed by atoms with Crippen LogP contribution in [0.2, 0.25) is 0 Å². The molecule has 7 heteroatoms. The van der Waals surface area contributed by atoms with Gasteiger partial charge in [-0.3, -0.25) is 4.79 Å². The topological polar surface area (TPSA) is 79.4 Å². The summed E-state index contributed by atoms with van der Waals surface area (Å²) in [5.41, 5.74) is 0.469. The van der Waals surface area contributed by atoms with Crippen molar-refractivity contribution in [2.45, 2.75) is 12.2 Å². The summed E-state index contributed by atoms with van der Waals surface area (Å²) in [6.45, 7) is 2.42. The predicted molar refractivity (Wildman–Crippen MR) is 73.1 cm³/mol. The van der Waals surface area contributed by atoms with Crippen molar-refractivity contribution in [3.8, 4) is 0 Å². The number of amides is 1. The number of anilines is 1. The average Bonchev–Trinajstić information content (AvgIpc) is 2.41. The third-order valence-corrected chi connectivity index (χ3v) is 5.42. The van der Waals surface area contributed by atoms with Gasteiger partial charge in [-0.25, -0.2) is 13.4 Å². The molecule has 6 nitrogen and oxygen atoms in total. The first-order chi connectivity index (χ1) is 8.95. The van der Waals surface area contributed by atoms with Crippen molar-refractivity contribution in [1.29, 1.82) is 0 Å². The molecule has 19 heavy (non-hydrogen) atoms. The number of hydrogen-bond acceptors (Lipinski definition) is 5. The first-order valence-corrected chi connectivity index (χ1v) is 7.81. The van der Waals surface area contributed by atoms with Gasteiger partial charge < -0.3 is 10.2 Å². The van der Waals surface area contributed by atoms with Gasteiger partial charge in [0.15, 0.2) is 9.84 Å². The second-order valence-corrected chi connectivity index (χ2v) is 7.12. The smallest absolute Gasteiger partial charge is 0.254 e. The van der Waals surface area contributed by atoms with Crippen LogP contribution < -0.4 is 10.2 Å². The Bertz CT molecular complexity index is 586. The SMILES string of the molecule is CNC(=O)c1cccnc1N1CCS(=O)(=O)C(C)C1. The first-order valence-electron chi connectivity index (χ1n) is 6.09. The molecule has 0 saturated carbocycles. The van der Waals surface area contributed by atoms with Gasteiger partial charge in [-0.15, -0.1) is 0 Å². The minimum atomic E-state index is -3.01. The van der Waals surface area contributed by atoms with Gasteiger partial charge in [0.2, 0.25) is 0 Å². The lowest BCUT2D eigenvalue weighted by atomic mass is 10.2. The molecule has 1 aliphatic rings. The molecule has 1 aliphatic heterocycles. The zero-order chi connectivity index (χ0) is 14.0. The second kappa shape index (κ2) is 5.16. The van der Waals surface area contributed by atoms with E-state index in [-0.39, 0.29) is 11.7 Å². The van der Waals surface area contributed by atoms with Crippen molar-refractivity contribution in [1.82, 2.24) is 10.3 Å². The first kappa shape index (κ1) is 13.8. The third kappa shape index (κ3) is 2.70. The highest BCUT2D eigenvalue weighted by Crippen LogP contribution is 2.22. The molecule has 1 unspecified atom stereocenters. The number of hydrogen-bond donors (Lipinski definition) is 1. The summed E-state index contributed by atoms with van der Waals surface area (Å²) in [4.78, 5) is 17.9. The van der Waals surface area contributed by atoms with Crippen LogP contribution in [0.15, 0.2) is 18.3 Å². The zero-order valence-electron chi connectivity index (χ0n) is 11.0. The Balaban J connectivity index is 2.31. The van der Waals surface area contributed by atoms with Gasteiger partial charge in [-0.2, -0.15) is 0 Å². The number of sulfone groups is 1. The molecule has 1 atom stereocenters. The van der Waals surface area contributed by atoms with Crippen molar-refractivity contribution in [2.24, 2.45) is 0 Å². The lowest BCUT2D eigenvalue weighted by Gasteiger charge is -2.32. The second-order valence-electron chi connectivity index (χ2n) is 4.58. The summed E-state index contributed by atoms with van der Waals surface area (Å²) in [6.07, 6.45) is 1.61. The lowest BCUT2D eigenvalue weighted by Crippen LogP contribution is -2.46. The Kier molecular flexibility index (Phi) is 3.75. The predicted octanol–water partition coefficient (Wildman–Crippen LogP) is 0.0645. The van der Waals surface area contributed by atoms with Crippen LogP contribution in [0.25, 0.3) is 0 Å². The molecule has 0 aromatic carbocycles. The van der Waals surface area contributed by atoms with Crippen LogP contribution in [0, 0.1) is 0 Å². The van der Waals surface area contributed by atoms with Crippen LogP contribution in [0.1, 0.15) is 17.3 Å². The van der Waals surface area contributed by atoms with E-state index in [1.165, 1.54) is 0 Å². The van der Waals surface area contributed by atoms with Crippen molar-refractivity contribution in [3.63, 3.8) is 0 Å². The average molecular weight is 283 g/mol. The van der Waals surface area contributed by atoms with Gasteiger partial charge >= 0.3 is 0 Å². The number of carbonyl (C=O) groups excluding carboxylic acids is 1. The number of rotatable bonds is 2. The van der Waals surface area contributed by atoms with Crippen LogP contribution in [0.5, 0.6) is 0 Å². The fourth-order valence-electron chi connectivity index (χ4n) is 2.11. The summed E-state index contributed by atoms with van der Waals surface area (Å²) in [5, 5.41) is 2.12. The van der Waals surface area contributed by atoms with Gasteiger partial charge in [0.25, 0.3) is 5.91 Å². The maximum atomic E-state index is 11.8. The van der Waals surface area contributed by atoms with Gasteiger partial charge in [0.1, 0.15) is 5.82 Å². The molecule has 0 radical (unpaired) electrons. The molecule has 104 valence electrons. The molecule has 1 amide bonds. The van der Waals surface area contributed by atoms with E-state index in [0.29, 0.717) is 24.5 Å². The van der Waals surface area contributed by atoms with Gasteiger partial charge in [-0.05, 0) is 19.1 Å². The van der Waals surface area contributed by atoms with E-state index in [4.69, 9.17) is 0 Å². The molecule has 2 rings (SSSR count). The standard InChI is InChI=1S/C12H17N3O3S/c1-9-8-15(6-7-19(9,17)18)11-10(12(16)13-2)4-3-5-14-11/h3-5,9H,6-8H2,1-2H3,(H,13,16). The van der Waals surface area contributed by atoms with Gasteiger partial charge in [0, 0.05) is 26.3 Å². The highest BCUT2D eigenvalue weighted by Gasteiger charge is 2.31. The lowest BCUT2D eigenvalue weighted by molar-refractivity contribution is 0.0963. The Morgan fingerprint density at radius 2 is 2.26 bits per heavy atom. The number of aromatic nitrogens is 1. The monoisotopic (exact) mass is 283 g/mol. The van der Waals surface area contributed by atoms with Crippen LogP contribution in [0.4, 0.5) is 5.82 Å². The number of nitrogens with one attached hydrogen (secondary N) is 1. The fourth-order valence-corrected chi connectivity index (χ4v) is 3.39. The van der Waals surface area contributed by atoms with E-state index in [0.717, 1.165) is 0 Å². The van der Waals surface area contributed by atoms with Gasteiger partial charge in [-0.1, -0.05) is 0 Å². The fraction of sp³-hybridized carbons (Fsp3) is 0.500. The van der Waals surface area contributed by atoms with E-state index in [2.05, 4.69) is 10.3 Å². The van der Waals surface area contributed by atoms with Crippen LogP contribution in [-0.2, 0) is 9.84 Å². The Labute approximate surface area is 112 Å². The molecule has 1 saturated heterocycles. The Morgan fingerprint density at radius 1 is 1.53 bits per heavy atom. The maximum Gasteiger partial charge on any atom is 0.254 e. The van der Waals surface area contributed by atoms with Crippen LogP contribution >= 0.6 is 0 Å². The summed E-state index contributed by atoms with van der Waals surface area (Å²) < 4.78 is 23.4. The third-order valence-electron chi connectivity index (χ3n) is 3.29. The zero-order valence-corrected chi connectivity index (χ0v) is 11.8. The molecule has 0 bridgehead atoms. The highest BCUT2D eigenvalue weighted by atomic mass is 32.2. The van der Waals surface area contributed by atoms with Crippen LogP contribution in [0.3, 0.4) is 0 Å². The van der Waals surface area contributed by atoms with E-state index in [1.54, 1.807) is 32.3 Å². The van der Waals surface area contributed by atoms with Crippen molar-refractivity contribution in [2.75, 3.05) is 30.8 Å². The van der Waals surface area contributed by atoms with E-state index in [9.17, 15) is 13.2 Å². The molecule has 1 fully saturated rings. The quantitative estimate of drug-likeness (QED) is 0.830. The molecular formula is C12H17N3O3S. The molecular weight excluding hydrogens is 266 g/mol. The summed E-state index contributed by atoms with van der Waals surface area (Å²) in [6, 6.07) is 3.38.